The SMILES string of the molecule is CCCCOC(=O)N1CCC(n2cc(-c3ccc4[nH]c5ncnc(NC6CCC(N7CCOCC7)CC6)c5c4c3)cn2)CC1. The number of nitrogens with one attached hydrogen (secondary N) is 2. The molecule has 0 atom stereocenters. The number of anilines is 1. The number of fused-ring (bicyclic) bond motifs is 3. The number of ether oxygens (including phenoxy) is 2. The Kier molecular flexibility index (Phi) is 8.65. The molecular weight excluding hydrogens is 556 g/mol. The van der Waals surface area contributed by atoms with Gasteiger partial charge in [0.2, 0.25) is 0 Å². The number of benzene rings is 1. The van der Waals surface area contributed by atoms with E-state index in [9.17, 15) is 4.79 Å². The number of carbonyl (C=O) groups is 1. The van der Waals surface area contributed by atoms with Crippen LogP contribution in [0, 0.1) is 0 Å². The molecule has 3 aliphatic rings. The van der Waals surface area contributed by atoms with E-state index in [-0.39, 0.29) is 12.1 Å². The fourth-order valence-electron chi connectivity index (χ4n) is 7.13. The van der Waals surface area contributed by atoms with Gasteiger partial charge in [-0.15, -0.1) is 0 Å². The summed E-state index contributed by atoms with van der Waals surface area (Å²) in [4.78, 5) is 29.6. The van der Waals surface area contributed by atoms with Gasteiger partial charge in [0.05, 0.1) is 37.4 Å². The van der Waals surface area contributed by atoms with Crippen molar-refractivity contribution in [2.24, 2.45) is 0 Å². The molecule has 1 aliphatic carbocycles. The summed E-state index contributed by atoms with van der Waals surface area (Å²) in [5.41, 5.74) is 4.10. The summed E-state index contributed by atoms with van der Waals surface area (Å²) in [6.45, 7) is 7.81. The molecule has 0 unspecified atom stereocenters. The molecule has 0 spiro atoms. The first-order valence-corrected chi connectivity index (χ1v) is 16.5. The Bertz CT molecular complexity index is 1560. The van der Waals surface area contributed by atoms with E-state index in [0.29, 0.717) is 31.8 Å². The highest BCUT2D eigenvalue weighted by atomic mass is 16.6. The third-order valence-corrected chi connectivity index (χ3v) is 9.74. The quantitative estimate of drug-likeness (QED) is 0.251. The summed E-state index contributed by atoms with van der Waals surface area (Å²) in [6, 6.07) is 7.84. The molecule has 2 aliphatic heterocycles. The van der Waals surface area contributed by atoms with E-state index in [2.05, 4.69) is 56.2 Å². The number of hydrogen-bond acceptors (Lipinski definition) is 8. The molecule has 11 heteroatoms. The minimum Gasteiger partial charge on any atom is -0.449 e. The van der Waals surface area contributed by atoms with Crippen LogP contribution in [0.3, 0.4) is 0 Å². The highest BCUT2D eigenvalue weighted by Crippen LogP contribution is 2.35. The molecule has 0 bridgehead atoms. The van der Waals surface area contributed by atoms with Crippen molar-refractivity contribution in [1.29, 1.82) is 0 Å². The van der Waals surface area contributed by atoms with E-state index >= 15 is 0 Å². The van der Waals surface area contributed by atoms with Crippen LogP contribution in [-0.4, -0.2) is 98.7 Å². The van der Waals surface area contributed by atoms with Crippen molar-refractivity contribution in [1.82, 2.24) is 34.5 Å². The predicted molar refractivity (Wildman–Crippen MR) is 171 cm³/mol. The topological polar surface area (TPSA) is 113 Å². The lowest BCUT2D eigenvalue weighted by molar-refractivity contribution is 0.00791. The lowest BCUT2D eigenvalue weighted by atomic mass is 9.90. The zero-order valence-corrected chi connectivity index (χ0v) is 25.7. The number of aromatic nitrogens is 5. The zero-order valence-electron chi connectivity index (χ0n) is 25.7. The predicted octanol–water partition coefficient (Wildman–Crippen LogP) is 5.60. The van der Waals surface area contributed by atoms with Crippen molar-refractivity contribution in [3.8, 4) is 11.1 Å². The van der Waals surface area contributed by atoms with Crippen LogP contribution in [0.25, 0.3) is 33.1 Å². The number of nitrogens with zero attached hydrogens (tertiary/aromatic N) is 6. The normalized spacial score (nSPS) is 22.1. The number of carbonyl (C=O) groups excluding carboxylic acids is 1. The number of H-pyrrole nitrogens is 1. The van der Waals surface area contributed by atoms with E-state index in [1.165, 1.54) is 12.8 Å². The molecule has 234 valence electrons. The Labute approximate surface area is 258 Å². The number of amides is 1. The number of unbranched alkanes of at least 4 members (excludes halogenated alkanes) is 1. The van der Waals surface area contributed by atoms with Crippen molar-refractivity contribution in [2.75, 3.05) is 51.3 Å². The number of piperidine rings is 1. The van der Waals surface area contributed by atoms with Crippen LogP contribution in [0.2, 0.25) is 0 Å². The van der Waals surface area contributed by atoms with Gasteiger partial charge in [0, 0.05) is 60.9 Å². The Hall–Kier alpha value is -3.70. The van der Waals surface area contributed by atoms with Gasteiger partial charge in [-0.25, -0.2) is 14.8 Å². The van der Waals surface area contributed by atoms with Crippen LogP contribution < -0.4 is 5.32 Å². The molecule has 11 nitrogen and oxygen atoms in total. The molecule has 1 saturated carbocycles. The monoisotopic (exact) mass is 600 g/mol. The highest BCUT2D eigenvalue weighted by Gasteiger charge is 2.28. The zero-order chi connectivity index (χ0) is 29.9. The summed E-state index contributed by atoms with van der Waals surface area (Å²) < 4.78 is 13.0. The Morgan fingerprint density at radius 3 is 2.64 bits per heavy atom. The van der Waals surface area contributed by atoms with Gasteiger partial charge < -0.3 is 24.7 Å². The van der Waals surface area contributed by atoms with E-state index < -0.39 is 0 Å². The van der Waals surface area contributed by atoms with E-state index in [1.54, 1.807) is 6.33 Å². The molecule has 2 saturated heterocycles. The van der Waals surface area contributed by atoms with Crippen molar-refractivity contribution in [3.05, 3.63) is 36.9 Å². The molecule has 0 radical (unpaired) electrons. The Morgan fingerprint density at radius 2 is 1.84 bits per heavy atom. The second-order valence-electron chi connectivity index (χ2n) is 12.5. The van der Waals surface area contributed by atoms with Crippen molar-refractivity contribution >= 4 is 33.8 Å². The third-order valence-electron chi connectivity index (χ3n) is 9.74. The molecule has 2 N–H and O–H groups in total. The summed E-state index contributed by atoms with van der Waals surface area (Å²) in [5, 5.41) is 10.7. The van der Waals surface area contributed by atoms with Crippen LogP contribution in [0.15, 0.2) is 36.9 Å². The third kappa shape index (κ3) is 6.12. The van der Waals surface area contributed by atoms with Crippen molar-refractivity contribution in [3.63, 3.8) is 0 Å². The van der Waals surface area contributed by atoms with Crippen LogP contribution in [0.4, 0.5) is 10.6 Å². The molecule has 1 aromatic carbocycles. The number of rotatable bonds is 8. The largest absolute Gasteiger partial charge is 0.449 e. The van der Waals surface area contributed by atoms with E-state index in [4.69, 9.17) is 19.6 Å². The second kappa shape index (κ2) is 13.1. The fraction of sp³-hybridized carbons (Fsp3) is 0.576. The van der Waals surface area contributed by atoms with Gasteiger partial charge in [-0.1, -0.05) is 19.4 Å². The smallest absolute Gasteiger partial charge is 0.409 e. The Morgan fingerprint density at radius 1 is 1.02 bits per heavy atom. The molecule has 1 amide bonds. The molecule has 3 aromatic heterocycles. The van der Waals surface area contributed by atoms with Gasteiger partial charge in [-0.3, -0.25) is 9.58 Å². The number of hydrogen-bond donors (Lipinski definition) is 2. The Balaban J connectivity index is 1.04. The summed E-state index contributed by atoms with van der Waals surface area (Å²) in [5.74, 6) is 0.906. The van der Waals surface area contributed by atoms with Crippen molar-refractivity contribution < 1.29 is 14.3 Å². The summed E-state index contributed by atoms with van der Waals surface area (Å²) in [7, 11) is 0. The molecule has 5 heterocycles. The first-order valence-electron chi connectivity index (χ1n) is 16.5. The van der Waals surface area contributed by atoms with Crippen molar-refractivity contribution in [2.45, 2.75) is 76.4 Å². The standard InChI is InChI=1S/C33H44N8O3/c1-2-3-16-44-33(42)40-12-10-27(11-13-40)41-21-24(20-36-41)23-4-9-29-28(19-23)30-31(34-22-35-32(30)38-29)37-25-5-7-26(8-6-25)39-14-17-43-18-15-39/h4,9,19-22,25-27H,2-3,5-8,10-18H2,1H3,(H2,34,35,37,38). The fourth-order valence-corrected chi connectivity index (χ4v) is 7.13. The number of aromatic amines is 1. The van der Waals surface area contributed by atoms with Gasteiger partial charge in [-0.05, 0) is 62.6 Å². The maximum Gasteiger partial charge on any atom is 0.409 e. The summed E-state index contributed by atoms with van der Waals surface area (Å²) in [6.07, 6.45) is 13.9. The molecule has 44 heavy (non-hydrogen) atoms. The van der Waals surface area contributed by atoms with E-state index in [1.807, 2.05) is 11.1 Å². The average Bonchev–Trinajstić information content (AvgIpc) is 3.71. The first-order chi connectivity index (χ1) is 21.7. The number of likely N-dealkylation sites (tertiary alicyclic amines) is 1. The van der Waals surface area contributed by atoms with E-state index in [0.717, 1.165) is 104 Å². The maximum absolute atomic E-state index is 12.4. The van der Waals surface area contributed by atoms with Crippen LogP contribution >= 0.6 is 0 Å². The lowest BCUT2D eigenvalue weighted by Gasteiger charge is -2.39. The van der Waals surface area contributed by atoms with Gasteiger partial charge in [0.25, 0.3) is 0 Å². The highest BCUT2D eigenvalue weighted by molar-refractivity contribution is 6.12. The molecule has 4 aromatic rings. The number of morpholine rings is 1. The van der Waals surface area contributed by atoms with Crippen LogP contribution in [0.1, 0.15) is 64.3 Å². The van der Waals surface area contributed by atoms with Crippen LogP contribution in [0.5, 0.6) is 0 Å². The molecule has 7 rings (SSSR count). The minimum absolute atomic E-state index is 0.191. The molecule has 3 fully saturated rings. The lowest BCUT2D eigenvalue weighted by Crippen LogP contribution is -2.46. The first kappa shape index (κ1) is 29.0. The molecular formula is C33H44N8O3. The van der Waals surface area contributed by atoms with Gasteiger partial charge >= 0.3 is 6.09 Å². The van der Waals surface area contributed by atoms with Crippen LogP contribution in [-0.2, 0) is 9.47 Å². The summed E-state index contributed by atoms with van der Waals surface area (Å²) >= 11 is 0. The minimum atomic E-state index is -0.191. The van der Waals surface area contributed by atoms with Gasteiger partial charge in [0.15, 0.2) is 0 Å². The second-order valence-corrected chi connectivity index (χ2v) is 12.5. The maximum atomic E-state index is 12.4. The van der Waals surface area contributed by atoms with Gasteiger partial charge in [0.1, 0.15) is 17.8 Å². The van der Waals surface area contributed by atoms with Gasteiger partial charge in [-0.2, -0.15) is 5.10 Å². The average molecular weight is 601 g/mol.